The molecule has 0 saturated carbocycles. The number of alkyl halides is 1. The van der Waals surface area contributed by atoms with E-state index in [9.17, 15) is 10.2 Å². The first kappa shape index (κ1) is 13.5. The van der Waals surface area contributed by atoms with Crippen molar-refractivity contribution in [3.63, 3.8) is 0 Å². The van der Waals surface area contributed by atoms with Gasteiger partial charge in [0.05, 0.1) is 12.7 Å². The van der Waals surface area contributed by atoms with E-state index in [0.29, 0.717) is 23.9 Å². The van der Waals surface area contributed by atoms with Gasteiger partial charge in [-0.1, -0.05) is 28.1 Å². The Kier molecular flexibility index (Phi) is 5.80. The van der Waals surface area contributed by atoms with Crippen molar-refractivity contribution in [3.8, 4) is 5.75 Å². The first-order valence-corrected chi connectivity index (χ1v) is 6.46. The Bertz CT molecular complexity index is 300. The van der Waals surface area contributed by atoms with Gasteiger partial charge in [0.1, 0.15) is 11.9 Å². The Morgan fingerprint density at radius 1 is 1.25 bits per heavy atom. The highest BCUT2D eigenvalue weighted by molar-refractivity contribution is 9.09. The first-order valence-electron chi connectivity index (χ1n) is 5.34. The highest BCUT2D eigenvalue weighted by Crippen LogP contribution is 2.22. The highest BCUT2D eigenvalue weighted by Gasteiger charge is 2.17. The van der Waals surface area contributed by atoms with Crippen LogP contribution < -0.4 is 4.74 Å². The summed E-state index contributed by atoms with van der Waals surface area (Å²) in [5.41, 5.74) is 0.705. The highest BCUT2D eigenvalue weighted by atomic mass is 79.9. The molecular formula is C12H17BrO3. The molecule has 0 aliphatic heterocycles. The van der Waals surface area contributed by atoms with Crippen LogP contribution in [0.2, 0.25) is 0 Å². The molecule has 1 aromatic carbocycles. The maximum atomic E-state index is 9.83. The molecule has 0 aliphatic rings. The molecule has 3 nitrogen and oxygen atoms in total. The predicted molar refractivity (Wildman–Crippen MR) is 67.0 cm³/mol. The van der Waals surface area contributed by atoms with Gasteiger partial charge in [0.25, 0.3) is 0 Å². The molecule has 0 aromatic heterocycles. The SMILES string of the molecule is CCOc1ccc(C(O)C(O)CCBr)cc1. The number of halogens is 1. The van der Waals surface area contributed by atoms with Crippen molar-refractivity contribution >= 4 is 15.9 Å². The molecule has 2 atom stereocenters. The summed E-state index contributed by atoms with van der Waals surface area (Å²) >= 11 is 3.23. The Labute approximate surface area is 104 Å². The van der Waals surface area contributed by atoms with Gasteiger partial charge in [0.2, 0.25) is 0 Å². The van der Waals surface area contributed by atoms with Crippen LogP contribution in [0.5, 0.6) is 5.75 Å². The second-order valence-corrected chi connectivity index (χ2v) is 4.28. The largest absolute Gasteiger partial charge is 0.494 e. The lowest BCUT2D eigenvalue weighted by Crippen LogP contribution is -2.18. The van der Waals surface area contributed by atoms with Crippen LogP contribution in [0.1, 0.15) is 25.0 Å². The Hall–Kier alpha value is -0.580. The van der Waals surface area contributed by atoms with E-state index in [1.807, 2.05) is 6.92 Å². The molecule has 1 aromatic rings. The van der Waals surface area contributed by atoms with Gasteiger partial charge < -0.3 is 14.9 Å². The van der Waals surface area contributed by atoms with Crippen LogP contribution in [0.4, 0.5) is 0 Å². The molecule has 2 unspecified atom stereocenters. The number of ether oxygens (including phenoxy) is 1. The average Bonchev–Trinajstić information content (AvgIpc) is 2.30. The van der Waals surface area contributed by atoms with Crippen LogP contribution in [-0.4, -0.2) is 28.3 Å². The number of benzene rings is 1. The first-order chi connectivity index (χ1) is 7.69. The van der Waals surface area contributed by atoms with Gasteiger partial charge in [0.15, 0.2) is 0 Å². The fourth-order valence-corrected chi connectivity index (χ4v) is 1.89. The van der Waals surface area contributed by atoms with Gasteiger partial charge in [-0.25, -0.2) is 0 Å². The molecule has 0 heterocycles. The van der Waals surface area contributed by atoms with Gasteiger partial charge in [-0.3, -0.25) is 0 Å². The number of rotatable bonds is 6. The van der Waals surface area contributed by atoms with Gasteiger partial charge in [-0.15, -0.1) is 0 Å². The molecule has 0 radical (unpaired) electrons. The van der Waals surface area contributed by atoms with Crippen molar-refractivity contribution < 1.29 is 14.9 Å². The summed E-state index contributed by atoms with van der Waals surface area (Å²) in [7, 11) is 0. The summed E-state index contributed by atoms with van der Waals surface area (Å²) in [5.74, 6) is 0.772. The fraction of sp³-hybridized carbons (Fsp3) is 0.500. The van der Waals surface area contributed by atoms with E-state index in [4.69, 9.17) is 4.74 Å². The molecule has 4 heteroatoms. The van der Waals surface area contributed by atoms with Crippen molar-refractivity contribution in [1.82, 2.24) is 0 Å². The molecule has 0 spiro atoms. The zero-order valence-electron chi connectivity index (χ0n) is 9.27. The Balaban J connectivity index is 2.65. The molecule has 1 rings (SSSR count). The molecular weight excluding hydrogens is 272 g/mol. The zero-order chi connectivity index (χ0) is 12.0. The normalized spacial score (nSPS) is 14.5. The quantitative estimate of drug-likeness (QED) is 0.790. The predicted octanol–water partition coefficient (Wildman–Crippen LogP) is 2.26. The van der Waals surface area contributed by atoms with Crippen molar-refractivity contribution in [2.75, 3.05) is 11.9 Å². The van der Waals surface area contributed by atoms with Crippen molar-refractivity contribution in [3.05, 3.63) is 29.8 Å². The molecule has 90 valence electrons. The third-order valence-corrected chi connectivity index (χ3v) is 2.76. The van der Waals surface area contributed by atoms with Crippen LogP contribution in [0.25, 0.3) is 0 Å². The number of hydrogen-bond acceptors (Lipinski definition) is 3. The number of hydrogen-bond donors (Lipinski definition) is 2. The summed E-state index contributed by atoms with van der Waals surface area (Å²) in [6.07, 6.45) is -1.06. The van der Waals surface area contributed by atoms with E-state index in [2.05, 4.69) is 15.9 Å². The summed E-state index contributed by atoms with van der Waals surface area (Å²) in [6.45, 7) is 2.54. The van der Waals surface area contributed by atoms with Gasteiger partial charge in [0, 0.05) is 5.33 Å². The summed E-state index contributed by atoms with van der Waals surface area (Å²) in [6, 6.07) is 7.13. The molecule has 0 bridgehead atoms. The minimum Gasteiger partial charge on any atom is -0.494 e. The van der Waals surface area contributed by atoms with E-state index in [0.717, 1.165) is 5.75 Å². The minimum absolute atomic E-state index is 0.522. The van der Waals surface area contributed by atoms with Crippen LogP contribution in [0.3, 0.4) is 0 Å². The summed E-state index contributed by atoms with van der Waals surface area (Å²) in [4.78, 5) is 0. The lowest BCUT2D eigenvalue weighted by Gasteiger charge is -2.17. The second-order valence-electron chi connectivity index (χ2n) is 3.49. The number of aliphatic hydroxyl groups is 2. The topological polar surface area (TPSA) is 49.7 Å². The Morgan fingerprint density at radius 2 is 1.88 bits per heavy atom. The molecule has 0 amide bonds. The zero-order valence-corrected chi connectivity index (χ0v) is 10.9. The molecule has 16 heavy (non-hydrogen) atoms. The lowest BCUT2D eigenvalue weighted by atomic mass is 10.0. The van der Waals surface area contributed by atoms with E-state index < -0.39 is 12.2 Å². The molecule has 0 aliphatic carbocycles. The minimum atomic E-state index is -0.840. The van der Waals surface area contributed by atoms with Crippen molar-refractivity contribution in [1.29, 1.82) is 0 Å². The van der Waals surface area contributed by atoms with Gasteiger partial charge in [-0.2, -0.15) is 0 Å². The van der Waals surface area contributed by atoms with E-state index in [1.165, 1.54) is 0 Å². The van der Waals surface area contributed by atoms with Crippen LogP contribution in [0, 0.1) is 0 Å². The van der Waals surface area contributed by atoms with Crippen molar-refractivity contribution in [2.45, 2.75) is 25.6 Å². The van der Waals surface area contributed by atoms with Gasteiger partial charge in [-0.05, 0) is 31.0 Å². The van der Waals surface area contributed by atoms with E-state index in [-0.39, 0.29) is 0 Å². The third-order valence-electron chi connectivity index (χ3n) is 2.30. The summed E-state index contributed by atoms with van der Waals surface area (Å²) in [5, 5.41) is 20.1. The van der Waals surface area contributed by atoms with Crippen LogP contribution in [-0.2, 0) is 0 Å². The van der Waals surface area contributed by atoms with Crippen LogP contribution >= 0.6 is 15.9 Å². The van der Waals surface area contributed by atoms with Crippen molar-refractivity contribution in [2.24, 2.45) is 0 Å². The third kappa shape index (κ3) is 3.77. The van der Waals surface area contributed by atoms with E-state index >= 15 is 0 Å². The fourth-order valence-electron chi connectivity index (χ4n) is 1.42. The number of aliphatic hydroxyl groups excluding tert-OH is 2. The lowest BCUT2D eigenvalue weighted by molar-refractivity contribution is 0.0173. The maximum absolute atomic E-state index is 9.83. The average molecular weight is 289 g/mol. The molecule has 0 fully saturated rings. The standard InChI is InChI=1S/C12H17BrO3/c1-2-16-10-5-3-9(4-6-10)12(15)11(14)7-8-13/h3-6,11-12,14-15H,2,7-8H2,1H3. The molecule has 2 N–H and O–H groups in total. The molecule has 0 saturated heterocycles. The summed E-state index contributed by atoms with van der Waals surface area (Å²) < 4.78 is 5.30. The Morgan fingerprint density at radius 3 is 2.38 bits per heavy atom. The van der Waals surface area contributed by atoms with Gasteiger partial charge >= 0.3 is 0 Å². The smallest absolute Gasteiger partial charge is 0.119 e. The maximum Gasteiger partial charge on any atom is 0.119 e. The van der Waals surface area contributed by atoms with E-state index in [1.54, 1.807) is 24.3 Å². The van der Waals surface area contributed by atoms with Crippen LogP contribution in [0.15, 0.2) is 24.3 Å². The second kappa shape index (κ2) is 6.89. The monoisotopic (exact) mass is 288 g/mol.